The quantitative estimate of drug-likeness (QED) is 0.661. The number of carbonyl (C=O) groups excluding carboxylic acids is 4. The summed E-state index contributed by atoms with van der Waals surface area (Å²) in [4.78, 5) is 53.0. The van der Waals surface area contributed by atoms with Crippen LogP contribution in [0, 0.1) is 0 Å². The van der Waals surface area contributed by atoms with E-state index >= 15 is 0 Å². The van der Waals surface area contributed by atoms with Crippen molar-refractivity contribution in [3.05, 3.63) is 29.3 Å². The highest BCUT2D eigenvalue weighted by atomic mass is 16.5. The van der Waals surface area contributed by atoms with E-state index in [1.807, 2.05) is 13.8 Å². The number of benzene rings is 1. The zero-order valence-corrected chi connectivity index (χ0v) is 16.2. The molecule has 1 saturated heterocycles. The molecule has 0 spiro atoms. The summed E-state index contributed by atoms with van der Waals surface area (Å²) in [5.41, 5.74) is -0.187. The summed E-state index contributed by atoms with van der Waals surface area (Å²) in [5, 5.41) is 4.78. The molecule has 0 radical (unpaired) electrons. The first-order valence-electron chi connectivity index (χ1n) is 9.21. The second-order valence-corrected chi connectivity index (χ2v) is 6.92. The average Bonchev–Trinajstić information content (AvgIpc) is 3.11. The largest absolute Gasteiger partial charge is 0.497 e. The molecule has 0 saturated carbocycles. The Kier molecular flexibility index (Phi) is 5.26. The summed E-state index contributed by atoms with van der Waals surface area (Å²) < 4.78 is 5.17. The van der Waals surface area contributed by atoms with Crippen LogP contribution >= 0.6 is 0 Å². The zero-order valence-electron chi connectivity index (χ0n) is 16.2. The molecule has 2 aliphatic heterocycles. The smallest absolute Gasteiger partial charge is 0.322 e. The van der Waals surface area contributed by atoms with Crippen LogP contribution < -0.4 is 15.4 Å². The molecule has 5 amide bonds. The molecule has 1 aromatic rings. The number of imide groups is 1. The lowest BCUT2D eigenvalue weighted by atomic mass is 9.93. The first-order chi connectivity index (χ1) is 13.3. The van der Waals surface area contributed by atoms with Crippen LogP contribution in [0.5, 0.6) is 5.75 Å². The van der Waals surface area contributed by atoms with E-state index in [0.717, 1.165) is 5.56 Å². The summed E-state index contributed by atoms with van der Waals surface area (Å²) in [6.07, 6.45) is -0.213. The molecule has 0 aromatic heterocycles. The number of carbonyl (C=O) groups is 4. The molecule has 1 unspecified atom stereocenters. The Balaban J connectivity index is 1.85. The van der Waals surface area contributed by atoms with Gasteiger partial charge in [-0.1, -0.05) is 6.07 Å². The predicted octanol–water partition coefficient (Wildman–Crippen LogP) is 0.488. The van der Waals surface area contributed by atoms with E-state index in [4.69, 9.17) is 4.74 Å². The molecule has 2 heterocycles. The fourth-order valence-corrected chi connectivity index (χ4v) is 3.69. The maximum atomic E-state index is 12.8. The van der Waals surface area contributed by atoms with Crippen molar-refractivity contribution in [2.24, 2.45) is 0 Å². The Labute approximate surface area is 163 Å². The van der Waals surface area contributed by atoms with E-state index in [2.05, 4.69) is 10.6 Å². The molecule has 1 atom stereocenters. The third-order valence-electron chi connectivity index (χ3n) is 5.24. The maximum Gasteiger partial charge on any atom is 0.322 e. The molecule has 1 fully saturated rings. The van der Waals surface area contributed by atoms with Gasteiger partial charge in [-0.05, 0) is 31.5 Å². The van der Waals surface area contributed by atoms with Gasteiger partial charge in [0, 0.05) is 25.2 Å². The third-order valence-corrected chi connectivity index (χ3v) is 5.24. The number of nitrogens with one attached hydrogen (secondary N) is 2. The Morgan fingerprint density at radius 3 is 2.54 bits per heavy atom. The minimum absolute atomic E-state index is 0.0899. The molecular formula is C19H24N4O5. The lowest BCUT2D eigenvalue weighted by molar-refractivity contribution is -0.136. The second kappa shape index (κ2) is 7.49. The molecule has 150 valence electrons. The normalized spacial score (nSPS) is 20.7. The highest BCUT2D eigenvalue weighted by Crippen LogP contribution is 2.29. The van der Waals surface area contributed by atoms with Gasteiger partial charge in [0.25, 0.3) is 11.8 Å². The van der Waals surface area contributed by atoms with Gasteiger partial charge >= 0.3 is 6.03 Å². The van der Waals surface area contributed by atoms with Gasteiger partial charge in [0.15, 0.2) is 0 Å². The lowest BCUT2D eigenvalue weighted by Crippen LogP contribution is -2.57. The monoisotopic (exact) mass is 388 g/mol. The highest BCUT2D eigenvalue weighted by molar-refractivity contribution is 6.09. The Hall–Kier alpha value is -3.10. The summed E-state index contributed by atoms with van der Waals surface area (Å²) in [7, 11) is 1.52. The Morgan fingerprint density at radius 2 is 1.96 bits per heavy atom. The average molecular weight is 388 g/mol. The summed E-state index contributed by atoms with van der Waals surface area (Å²) in [6, 6.07) is 4.55. The number of hydrogen-bond acceptors (Lipinski definition) is 5. The van der Waals surface area contributed by atoms with E-state index in [1.165, 1.54) is 12.0 Å². The first kappa shape index (κ1) is 19.7. The first-order valence-corrected chi connectivity index (χ1v) is 9.21. The van der Waals surface area contributed by atoms with Crippen LogP contribution in [0.25, 0.3) is 0 Å². The number of amides is 5. The number of nitrogens with zero attached hydrogens (tertiary/aromatic N) is 2. The Bertz CT molecular complexity index is 836. The van der Waals surface area contributed by atoms with E-state index in [1.54, 1.807) is 23.1 Å². The number of ether oxygens (including phenoxy) is 1. The number of rotatable bonds is 7. The van der Waals surface area contributed by atoms with Gasteiger partial charge in [-0.2, -0.15) is 0 Å². The zero-order chi connectivity index (χ0) is 20.5. The fraction of sp³-hybridized carbons (Fsp3) is 0.474. The van der Waals surface area contributed by atoms with Gasteiger partial charge < -0.3 is 19.9 Å². The maximum absolute atomic E-state index is 12.8. The van der Waals surface area contributed by atoms with Crippen molar-refractivity contribution >= 4 is 23.8 Å². The van der Waals surface area contributed by atoms with Gasteiger partial charge in [0.1, 0.15) is 11.3 Å². The van der Waals surface area contributed by atoms with Crippen LogP contribution in [0.15, 0.2) is 18.2 Å². The summed E-state index contributed by atoms with van der Waals surface area (Å²) in [5.74, 6) is -0.558. The summed E-state index contributed by atoms with van der Waals surface area (Å²) >= 11 is 0. The van der Waals surface area contributed by atoms with Crippen molar-refractivity contribution in [1.82, 2.24) is 20.4 Å². The Morgan fingerprint density at radius 1 is 1.25 bits per heavy atom. The van der Waals surface area contributed by atoms with Crippen LogP contribution in [0.1, 0.15) is 36.2 Å². The van der Waals surface area contributed by atoms with Crippen molar-refractivity contribution in [1.29, 1.82) is 0 Å². The third kappa shape index (κ3) is 3.39. The number of urea groups is 1. The van der Waals surface area contributed by atoms with Gasteiger partial charge in [0.05, 0.1) is 20.1 Å². The molecule has 3 rings (SSSR count). The molecular weight excluding hydrogens is 364 g/mol. The second-order valence-electron chi connectivity index (χ2n) is 6.92. The molecule has 0 aliphatic carbocycles. The number of hydrogen-bond donors (Lipinski definition) is 2. The van der Waals surface area contributed by atoms with Crippen molar-refractivity contribution in [3.8, 4) is 5.75 Å². The number of methoxy groups -OCH3 is 1. The highest BCUT2D eigenvalue weighted by Gasteiger charge is 2.50. The van der Waals surface area contributed by atoms with E-state index in [9.17, 15) is 19.2 Å². The van der Waals surface area contributed by atoms with E-state index in [-0.39, 0.29) is 24.8 Å². The van der Waals surface area contributed by atoms with Crippen molar-refractivity contribution in [2.75, 3.05) is 26.7 Å². The molecule has 9 heteroatoms. The van der Waals surface area contributed by atoms with E-state index < -0.39 is 17.5 Å². The fourth-order valence-electron chi connectivity index (χ4n) is 3.69. The molecule has 9 nitrogen and oxygen atoms in total. The van der Waals surface area contributed by atoms with Crippen LogP contribution in [0.3, 0.4) is 0 Å². The topological polar surface area (TPSA) is 108 Å². The molecule has 0 bridgehead atoms. The standard InChI is InChI=1S/C19H24N4O5/c1-4-22(5-2)15(24)9-19(17(26)20-18(27)21-19)11-23-10-12-6-7-13(28-3)8-14(12)16(23)25/h6-8H,4-5,9-11H2,1-3H3,(H2,20,21,26,27). The van der Waals surface area contributed by atoms with Crippen molar-refractivity contribution in [2.45, 2.75) is 32.4 Å². The SMILES string of the molecule is CCN(CC)C(=O)CC1(CN2Cc3ccc(OC)cc3C2=O)NC(=O)NC1=O. The molecule has 1 aromatic carbocycles. The number of fused-ring (bicyclic) bond motifs is 1. The van der Waals surface area contributed by atoms with Crippen LogP contribution in [0.4, 0.5) is 4.79 Å². The van der Waals surface area contributed by atoms with Crippen LogP contribution in [0.2, 0.25) is 0 Å². The molecule has 2 aliphatic rings. The van der Waals surface area contributed by atoms with Gasteiger partial charge in [-0.25, -0.2) is 4.79 Å². The van der Waals surface area contributed by atoms with Gasteiger partial charge in [-0.15, -0.1) is 0 Å². The van der Waals surface area contributed by atoms with Gasteiger partial charge in [-0.3, -0.25) is 19.7 Å². The lowest BCUT2D eigenvalue weighted by Gasteiger charge is -2.32. The van der Waals surface area contributed by atoms with Crippen LogP contribution in [-0.4, -0.2) is 65.8 Å². The minimum Gasteiger partial charge on any atom is -0.497 e. The van der Waals surface area contributed by atoms with E-state index in [0.29, 0.717) is 30.9 Å². The molecule has 28 heavy (non-hydrogen) atoms. The predicted molar refractivity (Wildman–Crippen MR) is 99.7 cm³/mol. The van der Waals surface area contributed by atoms with Crippen molar-refractivity contribution < 1.29 is 23.9 Å². The van der Waals surface area contributed by atoms with Crippen LogP contribution in [-0.2, 0) is 16.1 Å². The minimum atomic E-state index is -1.49. The summed E-state index contributed by atoms with van der Waals surface area (Å²) in [6.45, 7) is 4.88. The van der Waals surface area contributed by atoms with Crippen molar-refractivity contribution in [3.63, 3.8) is 0 Å². The van der Waals surface area contributed by atoms with Gasteiger partial charge in [0.2, 0.25) is 5.91 Å². The molecule has 2 N–H and O–H groups in total.